The Balaban J connectivity index is 2.48. The predicted molar refractivity (Wildman–Crippen MR) is 83.9 cm³/mol. The van der Waals surface area contributed by atoms with Crippen LogP contribution in [0.25, 0.3) is 10.9 Å². The van der Waals surface area contributed by atoms with E-state index in [-0.39, 0.29) is 5.69 Å². The van der Waals surface area contributed by atoms with Crippen molar-refractivity contribution in [1.82, 2.24) is 4.98 Å². The molecule has 1 heterocycles. The molecule has 0 aliphatic rings. The van der Waals surface area contributed by atoms with Crippen LogP contribution >= 0.6 is 11.6 Å². The van der Waals surface area contributed by atoms with Crippen LogP contribution in [0.4, 0.5) is 18.9 Å². The first-order valence-corrected chi connectivity index (χ1v) is 7.36. The number of carbonyl (C=O) groups excluding carboxylic acids is 1. The minimum Gasteiger partial charge on any atom is -0.384 e. The van der Waals surface area contributed by atoms with Gasteiger partial charge in [-0.05, 0) is 37.6 Å². The number of anilines is 1. The minimum atomic E-state index is -4.96. The fourth-order valence-corrected chi connectivity index (χ4v) is 2.33. The number of pyridine rings is 1. The molecule has 0 radical (unpaired) electrons. The summed E-state index contributed by atoms with van der Waals surface area (Å²) in [5, 5.41) is 3.73. The maximum Gasteiger partial charge on any atom is 0.455 e. The third-order valence-electron chi connectivity index (χ3n) is 3.27. The summed E-state index contributed by atoms with van der Waals surface area (Å²) in [6.45, 7) is 0.889. The summed E-state index contributed by atoms with van der Waals surface area (Å²) in [7, 11) is 0. The number of carbonyl (C=O) groups is 1. The van der Waals surface area contributed by atoms with Crippen LogP contribution < -0.4 is 11.1 Å². The van der Waals surface area contributed by atoms with Crippen molar-refractivity contribution in [3.63, 3.8) is 0 Å². The molecule has 0 unspecified atom stereocenters. The number of rotatable bonds is 6. The Morgan fingerprint density at radius 3 is 2.70 bits per heavy atom. The second-order valence-electron chi connectivity index (χ2n) is 4.96. The normalized spacial score (nSPS) is 11.7. The average Bonchev–Trinajstić information content (AvgIpc) is 2.49. The number of nitrogens with one attached hydrogen (secondary N) is 1. The number of alkyl halides is 3. The summed E-state index contributed by atoms with van der Waals surface area (Å²) >= 11 is 5.87. The molecule has 0 atom stereocenters. The van der Waals surface area contributed by atoms with Gasteiger partial charge in [0.15, 0.2) is 0 Å². The van der Waals surface area contributed by atoms with Crippen LogP contribution in [0.1, 0.15) is 23.2 Å². The lowest BCUT2D eigenvalue weighted by atomic mass is 10.1. The fraction of sp³-hybridized carbons (Fsp3) is 0.333. The van der Waals surface area contributed by atoms with Gasteiger partial charge in [-0.15, -0.1) is 0 Å². The van der Waals surface area contributed by atoms with Crippen LogP contribution in [0, 0.1) is 0 Å². The standard InChI is InChI=1S/C15H15ClF3N3O/c16-9-3-4-10-12(7-9)22-8-11(14(23)15(17,18)19)13(10)21-6-2-1-5-20/h3-4,7-8H,1-2,5-6,20H2,(H,21,22). The van der Waals surface area contributed by atoms with Crippen molar-refractivity contribution in [2.45, 2.75) is 19.0 Å². The van der Waals surface area contributed by atoms with E-state index in [0.717, 1.165) is 12.6 Å². The fourth-order valence-electron chi connectivity index (χ4n) is 2.16. The van der Waals surface area contributed by atoms with Crippen molar-refractivity contribution in [3.8, 4) is 0 Å². The van der Waals surface area contributed by atoms with Gasteiger partial charge in [0.05, 0.1) is 16.8 Å². The van der Waals surface area contributed by atoms with Gasteiger partial charge in [-0.1, -0.05) is 11.6 Å². The first kappa shape index (κ1) is 17.5. The SMILES string of the molecule is NCCCCNc1c(C(=O)C(F)(F)F)cnc2cc(Cl)ccc12. The van der Waals surface area contributed by atoms with Crippen molar-refractivity contribution in [2.75, 3.05) is 18.4 Å². The number of hydrogen-bond acceptors (Lipinski definition) is 4. The summed E-state index contributed by atoms with van der Waals surface area (Å²) in [6, 6.07) is 4.62. The number of Topliss-reactive ketones (excluding diaryl/α,β-unsaturated/α-hetero) is 1. The number of benzene rings is 1. The van der Waals surface area contributed by atoms with Crippen molar-refractivity contribution in [3.05, 3.63) is 35.0 Å². The summed E-state index contributed by atoms with van der Waals surface area (Å²) < 4.78 is 38.3. The topological polar surface area (TPSA) is 68.0 Å². The van der Waals surface area contributed by atoms with Gasteiger partial charge < -0.3 is 11.1 Å². The van der Waals surface area contributed by atoms with Crippen LogP contribution in [0.5, 0.6) is 0 Å². The maximum absolute atomic E-state index is 12.8. The highest BCUT2D eigenvalue weighted by atomic mass is 35.5. The molecule has 8 heteroatoms. The Bertz CT molecular complexity index is 719. The Morgan fingerprint density at radius 2 is 2.04 bits per heavy atom. The van der Waals surface area contributed by atoms with Gasteiger partial charge >= 0.3 is 6.18 Å². The lowest BCUT2D eigenvalue weighted by Crippen LogP contribution is -2.24. The number of halogens is 4. The van der Waals surface area contributed by atoms with Gasteiger partial charge in [0.1, 0.15) is 0 Å². The molecule has 2 rings (SSSR count). The zero-order valence-corrected chi connectivity index (χ0v) is 12.8. The number of aromatic nitrogens is 1. The average molecular weight is 346 g/mol. The minimum absolute atomic E-state index is 0.117. The van der Waals surface area contributed by atoms with Crippen LogP contribution in [-0.2, 0) is 0 Å². The number of fused-ring (bicyclic) bond motifs is 1. The first-order valence-electron chi connectivity index (χ1n) is 6.98. The summed E-state index contributed by atoms with van der Waals surface area (Å²) in [5.74, 6) is -1.93. The number of hydrogen-bond donors (Lipinski definition) is 2. The van der Waals surface area contributed by atoms with Crippen LogP contribution in [0.2, 0.25) is 5.02 Å². The van der Waals surface area contributed by atoms with E-state index in [9.17, 15) is 18.0 Å². The van der Waals surface area contributed by atoms with E-state index in [4.69, 9.17) is 17.3 Å². The molecular weight excluding hydrogens is 331 g/mol. The number of unbranched alkanes of at least 4 members (excludes halogenated alkanes) is 1. The first-order chi connectivity index (χ1) is 10.8. The van der Waals surface area contributed by atoms with Crippen molar-refractivity contribution < 1.29 is 18.0 Å². The van der Waals surface area contributed by atoms with Gasteiger partial charge in [-0.2, -0.15) is 13.2 Å². The summed E-state index contributed by atoms with van der Waals surface area (Å²) in [6.07, 6.45) is -2.63. The van der Waals surface area contributed by atoms with Gasteiger partial charge in [0.2, 0.25) is 0 Å². The Hall–Kier alpha value is -1.86. The molecule has 0 aliphatic heterocycles. The molecule has 0 amide bonds. The predicted octanol–water partition coefficient (Wildman–Crippen LogP) is 3.78. The van der Waals surface area contributed by atoms with Crippen LogP contribution in [-0.4, -0.2) is 30.0 Å². The second kappa shape index (κ2) is 7.14. The lowest BCUT2D eigenvalue weighted by molar-refractivity contribution is -0.0884. The molecule has 2 aromatic rings. The van der Waals surface area contributed by atoms with Gasteiger partial charge in [0, 0.05) is 23.2 Å². The molecule has 0 bridgehead atoms. The molecule has 0 spiro atoms. The molecule has 4 nitrogen and oxygen atoms in total. The highest BCUT2D eigenvalue weighted by Crippen LogP contribution is 2.32. The van der Waals surface area contributed by atoms with Crippen LogP contribution in [0.15, 0.2) is 24.4 Å². The van der Waals surface area contributed by atoms with Crippen molar-refractivity contribution in [1.29, 1.82) is 0 Å². The third-order valence-corrected chi connectivity index (χ3v) is 3.50. The zero-order chi connectivity index (χ0) is 17.0. The molecular formula is C15H15ClF3N3O. The molecule has 0 saturated carbocycles. The molecule has 124 valence electrons. The molecule has 23 heavy (non-hydrogen) atoms. The monoisotopic (exact) mass is 345 g/mol. The number of nitrogens with two attached hydrogens (primary N) is 1. The molecule has 0 saturated heterocycles. The van der Waals surface area contributed by atoms with Gasteiger partial charge in [0.25, 0.3) is 5.78 Å². The quantitative estimate of drug-likeness (QED) is 0.617. The van der Waals surface area contributed by atoms with E-state index in [1.54, 1.807) is 12.1 Å². The highest BCUT2D eigenvalue weighted by molar-refractivity contribution is 6.31. The largest absolute Gasteiger partial charge is 0.455 e. The zero-order valence-electron chi connectivity index (χ0n) is 12.1. The maximum atomic E-state index is 12.8. The Labute approximate surface area is 135 Å². The second-order valence-corrected chi connectivity index (χ2v) is 5.39. The van der Waals surface area contributed by atoms with E-state index < -0.39 is 17.5 Å². The molecule has 3 N–H and O–H groups in total. The summed E-state index contributed by atoms with van der Waals surface area (Å²) in [5.41, 5.74) is 5.43. The third kappa shape index (κ3) is 4.11. The lowest BCUT2D eigenvalue weighted by Gasteiger charge is -2.15. The van der Waals surface area contributed by atoms with E-state index in [1.165, 1.54) is 6.07 Å². The molecule has 0 aliphatic carbocycles. The van der Waals surface area contributed by atoms with E-state index in [0.29, 0.717) is 35.4 Å². The Morgan fingerprint density at radius 1 is 1.30 bits per heavy atom. The van der Waals surface area contributed by atoms with Crippen LogP contribution in [0.3, 0.4) is 0 Å². The van der Waals surface area contributed by atoms with Gasteiger partial charge in [-0.3, -0.25) is 9.78 Å². The Kier molecular flexibility index (Phi) is 5.43. The van der Waals surface area contributed by atoms with Crippen molar-refractivity contribution in [2.24, 2.45) is 5.73 Å². The molecule has 1 aromatic carbocycles. The summed E-state index contributed by atoms with van der Waals surface area (Å²) in [4.78, 5) is 15.6. The number of nitrogens with zero attached hydrogens (tertiary/aromatic N) is 1. The van der Waals surface area contributed by atoms with E-state index in [2.05, 4.69) is 10.3 Å². The van der Waals surface area contributed by atoms with E-state index >= 15 is 0 Å². The number of ketones is 1. The highest BCUT2D eigenvalue weighted by Gasteiger charge is 2.41. The van der Waals surface area contributed by atoms with E-state index in [1.807, 2.05) is 0 Å². The molecule has 0 fully saturated rings. The molecule has 1 aromatic heterocycles. The smallest absolute Gasteiger partial charge is 0.384 e. The van der Waals surface area contributed by atoms with Gasteiger partial charge in [-0.25, -0.2) is 0 Å². The van der Waals surface area contributed by atoms with Crippen molar-refractivity contribution >= 4 is 34.0 Å².